The molecule has 0 saturated heterocycles. The van der Waals surface area contributed by atoms with Crippen molar-refractivity contribution in [3.05, 3.63) is 23.8 Å². The normalized spacial score (nSPS) is 31.6. The van der Waals surface area contributed by atoms with Gasteiger partial charge in [-0.1, -0.05) is 0 Å². The molecule has 1 fully saturated rings. The van der Waals surface area contributed by atoms with Gasteiger partial charge in [-0.15, -0.1) is 0 Å². The van der Waals surface area contributed by atoms with E-state index in [0.717, 1.165) is 0 Å². The molecule has 5 atom stereocenters. The molecular weight excluding hydrogens is 292 g/mol. The lowest BCUT2D eigenvalue weighted by atomic mass is 9.81. The summed E-state index contributed by atoms with van der Waals surface area (Å²) in [5.41, 5.74) is 0.414. The molecule has 1 aromatic rings. The Hall–Kier alpha value is -1.67. The minimum absolute atomic E-state index is 0.175. The third-order valence-electron chi connectivity index (χ3n) is 3.94. The van der Waals surface area contributed by atoms with Crippen LogP contribution in [0.2, 0.25) is 0 Å². The molecule has 0 spiro atoms. The molecule has 7 heteroatoms. The Bertz CT molecular complexity index is 517. The van der Waals surface area contributed by atoms with Crippen LogP contribution in [0.25, 0.3) is 0 Å². The Morgan fingerprint density at radius 3 is 2.50 bits per heavy atom. The van der Waals surface area contributed by atoms with Crippen LogP contribution in [0.1, 0.15) is 16.8 Å². The summed E-state index contributed by atoms with van der Waals surface area (Å²) < 4.78 is 10.8. The molecule has 0 heterocycles. The van der Waals surface area contributed by atoms with Crippen molar-refractivity contribution in [3.8, 4) is 11.5 Å². The number of aliphatic hydroxyl groups excluding tert-OH is 4. The van der Waals surface area contributed by atoms with Crippen molar-refractivity contribution < 1.29 is 34.7 Å². The highest BCUT2D eigenvalue weighted by Gasteiger charge is 2.43. The average Bonchev–Trinajstić information content (AvgIpc) is 2.55. The van der Waals surface area contributed by atoms with E-state index in [9.17, 15) is 25.2 Å². The van der Waals surface area contributed by atoms with Crippen LogP contribution in [0.15, 0.2) is 18.2 Å². The number of rotatable bonds is 5. The van der Waals surface area contributed by atoms with E-state index in [1.165, 1.54) is 25.3 Å². The largest absolute Gasteiger partial charge is 0.493 e. The molecule has 0 unspecified atom stereocenters. The minimum atomic E-state index is -1.41. The first kappa shape index (κ1) is 16.7. The fourth-order valence-electron chi connectivity index (χ4n) is 2.60. The maximum Gasteiger partial charge on any atom is 0.161 e. The predicted molar refractivity (Wildman–Crippen MR) is 76.0 cm³/mol. The second-order valence-electron chi connectivity index (χ2n) is 5.33. The Kier molecular flexibility index (Phi) is 5.36. The van der Waals surface area contributed by atoms with Gasteiger partial charge in [-0.05, 0) is 24.6 Å². The van der Waals surface area contributed by atoms with Gasteiger partial charge in [-0.25, -0.2) is 0 Å². The van der Waals surface area contributed by atoms with Crippen LogP contribution >= 0.6 is 0 Å². The summed E-state index contributed by atoms with van der Waals surface area (Å²) >= 11 is 0. The van der Waals surface area contributed by atoms with Crippen LogP contribution in [0.5, 0.6) is 11.5 Å². The van der Waals surface area contributed by atoms with E-state index in [1.54, 1.807) is 0 Å². The summed E-state index contributed by atoms with van der Waals surface area (Å²) in [6.07, 6.45) is -3.88. The van der Waals surface area contributed by atoms with E-state index < -0.39 is 30.3 Å². The first-order chi connectivity index (χ1) is 10.5. The Morgan fingerprint density at radius 2 is 1.91 bits per heavy atom. The fraction of sp³-hybridized carbons (Fsp3) is 0.533. The molecule has 22 heavy (non-hydrogen) atoms. The number of aldehydes is 1. The van der Waals surface area contributed by atoms with Crippen molar-refractivity contribution in [1.29, 1.82) is 0 Å². The Labute approximate surface area is 127 Å². The van der Waals surface area contributed by atoms with E-state index in [2.05, 4.69) is 0 Å². The third kappa shape index (κ3) is 3.22. The van der Waals surface area contributed by atoms with E-state index in [0.29, 0.717) is 23.3 Å². The monoisotopic (exact) mass is 312 g/mol. The summed E-state index contributed by atoms with van der Waals surface area (Å²) in [5, 5.41) is 38.9. The van der Waals surface area contributed by atoms with E-state index in [1.807, 2.05) is 0 Å². The topological polar surface area (TPSA) is 116 Å². The van der Waals surface area contributed by atoms with Crippen LogP contribution < -0.4 is 9.47 Å². The van der Waals surface area contributed by atoms with Gasteiger partial charge in [0.2, 0.25) is 0 Å². The number of hydrogen-bond donors (Lipinski definition) is 4. The average molecular weight is 312 g/mol. The smallest absolute Gasteiger partial charge is 0.161 e. The lowest BCUT2D eigenvalue weighted by Gasteiger charge is -2.39. The molecule has 2 rings (SSSR count). The summed E-state index contributed by atoms with van der Waals surface area (Å²) in [7, 11) is 1.42. The minimum Gasteiger partial charge on any atom is -0.493 e. The first-order valence-electron chi connectivity index (χ1n) is 6.96. The van der Waals surface area contributed by atoms with Crippen LogP contribution in [0.3, 0.4) is 0 Å². The molecule has 1 aliphatic carbocycles. The quantitative estimate of drug-likeness (QED) is 0.534. The van der Waals surface area contributed by atoms with Gasteiger partial charge in [0.15, 0.2) is 11.5 Å². The number of hydrogen-bond acceptors (Lipinski definition) is 7. The van der Waals surface area contributed by atoms with Crippen LogP contribution in [0, 0.1) is 5.92 Å². The summed E-state index contributed by atoms with van der Waals surface area (Å²) in [6, 6.07) is 4.56. The van der Waals surface area contributed by atoms with Gasteiger partial charge in [0.25, 0.3) is 0 Å². The molecule has 0 aliphatic heterocycles. The molecule has 1 aromatic carbocycles. The van der Waals surface area contributed by atoms with Gasteiger partial charge in [-0.2, -0.15) is 0 Å². The molecule has 122 valence electrons. The molecule has 4 N–H and O–H groups in total. The summed E-state index contributed by atoms with van der Waals surface area (Å²) in [4.78, 5) is 10.8. The molecule has 1 saturated carbocycles. The highest BCUT2D eigenvalue weighted by Crippen LogP contribution is 2.33. The van der Waals surface area contributed by atoms with Gasteiger partial charge in [-0.3, -0.25) is 4.79 Å². The zero-order valence-corrected chi connectivity index (χ0v) is 12.1. The molecule has 0 bridgehead atoms. The number of methoxy groups -OCH3 is 1. The highest BCUT2D eigenvalue weighted by atomic mass is 16.5. The van der Waals surface area contributed by atoms with Crippen molar-refractivity contribution in [1.82, 2.24) is 0 Å². The number of ether oxygens (including phenoxy) is 2. The molecule has 0 aromatic heterocycles. The fourth-order valence-corrected chi connectivity index (χ4v) is 2.60. The second kappa shape index (κ2) is 7.06. The highest BCUT2D eigenvalue weighted by molar-refractivity contribution is 5.76. The van der Waals surface area contributed by atoms with E-state index in [-0.39, 0.29) is 13.0 Å². The zero-order valence-electron chi connectivity index (χ0n) is 12.1. The van der Waals surface area contributed by atoms with Crippen molar-refractivity contribution in [2.24, 2.45) is 5.92 Å². The van der Waals surface area contributed by atoms with Crippen LogP contribution in [-0.2, 0) is 0 Å². The zero-order chi connectivity index (χ0) is 16.3. The SMILES string of the molecule is COc1cc(C=O)ccc1O[C@@H]1C[C@H](CO)[C@@H](O)[C@H](O)[C@H]1O. The van der Waals surface area contributed by atoms with Gasteiger partial charge in [0.05, 0.1) is 13.2 Å². The van der Waals surface area contributed by atoms with Gasteiger partial charge < -0.3 is 29.9 Å². The van der Waals surface area contributed by atoms with Gasteiger partial charge in [0, 0.05) is 18.1 Å². The van der Waals surface area contributed by atoms with Crippen LogP contribution in [-0.4, -0.2) is 64.8 Å². The first-order valence-corrected chi connectivity index (χ1v) is 6.96. The third-order valence-corrected chi connectivity index (χ3v) is 3.94. The maximum absolute atomic E-state index is 10.8. The van der Waals surface area contributed by atoms with Gasteiger partial charge in [0.1, 0.15) is 24.6 Å². The van der Waals surface area contributed by atoms with Crippen molar-refractivity contribution in [3.63, 3.8) is 0 Å². The molecule has 7 nitrogen and oxygen atoms in total. The Morgan fingerprint density at radius 1 is 1.18 bits per heavy atom. The van der Waals surface area contributed by atoms with E-state index in [4.69, 9.17) is 9.47 Å². The summed E-state index contributed by atoms with van der Waals surface area (Å²) in [5.74, 6) is 0.0269. The molecule has 1 aliphatic rings. The summed E-state index contributed by atoms with van der Waals surface area (Å²) in [6.45, 7) is -0.327. The van der Waals surface area contributed by atoms with Crippen LogP contribution in [0.4, 0.5) is 0 Å². The molecular formula is C15H20O7. The van der Waals surface area contributed by atoms with E-state index >= 15 is 0 Å². The predicted octanol–water partition coefficient (Wildman–Crippen LogP) is -0.650. The second-order valence-corrected chi connectivity index (χ2v) is 5.33. The van der Waals surface area contributed by atoms with Crippen molar-refractivity contribution >= 4 is 6.29 Å². The number of carbonyl (C=O) groups excluding carboxylic acids is 1. The van der Waals surface area contributed by atoms with Crippen molar-refractivity contribution in [2.45, 2.75) is 30.8 Å². The molecule has 0 amide bonds. The van der Waals surface area contributed by atoms with Gasteiger partial charge >= 0.3 is 0 Å². The van der Waals surface area contributed by atoms with Crippen molar-refractivity contribution in [2.75, 3.05) is 13.7 Å². The maximum atomic E-state index is 10.8. The Balaban J connectivity index is 2.20. The number of carbonyl (C=O) groups is 1. The number of aliphatic hydroxyl groups is 4. The number of benzene rings is 1. The standard InChI is InChI=1S/C15H20O7/c1-21-11-4-8(6-16)2-3-10(11)22-12-5-9(7-17)13(18)15(20)14(12)19/h2-4,6,9,12-15,17-20H,5,7H2,1H3/t9-,12-,13-,14+,15+/m1/s1. The molecule has 0 radical (unpaired) electrons. The lowest BCUT2D eigenvalue weighted by molar-refractivity contribution is -0.157. The lowest BCUT2D eigenvalue weighted by Crippen LogP contribution is -2.56.